The lowest BCUT2D eigenvalue weighted by Crippen LogP contribution is -2.15. The zero-order valence-electron chi connectivity index (χ0n) is 8.24. The summed E-state index contributed by atoms with van der Waals surface area (Å²) in [4.78, 5) is 4.20. The van der Waals surface area contributed by atoms with E-state index < -0.39 is 0 Å². The molecule has 14 heavy (non-hydrogen) atoms. The van der Waals surface area contributed by atoms with Crippen molar-refractivity contribution in [3.05, 3.63) is 30.1 Å². The summed E-state index contributed by atoms with van der Waals surface area (Å²) in [5.74, 6) is 0. The lowest BCUT2D eigenvalue weighted by Gasteiger charge is -2.02. The van der Waals surface area contributed by atoms with E-state index in [0.29, 0.717) is 6.42 Å². The maximum absolute atomic E-state index is 8.32. The molecule has 0 atom stereocenters. The van der Waals surface area contributed by atoms with E-state index in [2.05, 4.69) is 16.4 Å². The number of nitriles is 1. The Labute approximate surface area is 84.8 Å². The van der Waals surface area contributed by atoms with Crippen molar-refractivity contribution in [1.82, 2.24) is 10.3 Å². The zero-order valence-corrected chi connectivity index (χ0v) is 8.24. The standard InChI is InChI=1S/C11H15N3/c12-7-3-1-4-8-13-10-11-6-2-5-9-14-11/h2,5-6,9,13H,1,3-4,8,10H2. The highest BCUT2D eigenvalue weighted by Crippen LogP contribution is 1.94. The van der Waals surface area contributed by atoms with E-state index >= 15 is 0 Å². The Morgan fingerprint density at radius 2 is 2.29 bits per heavy atom. The quantitative estimate of drug-likeness (QED) is 0.695. The number of pyridine rings is 1. The zero-order chi connectivity index (χ0) is 10.1. The Kier molecular flexibility index (Phi) is 5.38. The van der Waals surface area contributed by atoms with Crippen LogP contribution in [0.25, 0.3) is 0 Å². The summed E-state index contributed by atoms with van der Waals surface area (Å²) in [5, 5.41) is 11.6. The predicted octanol–water partition coefficient (Wildman–Crippen LogP) is 1.87. The molecule has 3 nitrogen and oxygen atoms in total. The van der Waals surface area contributed by atoms with Crippen molar-refractivity contribution in [1.29, 1.82) is 5.26 Å². The molecule has 0 unspecified atom stereocenters. The highest BCUT2D eigenvalue weighted by Gasteiger charge is 1.91. The summed E-state index contributed by atoms with van der Waals surface area (Å²) < 4.78 is 0. The summed E-state index contributed by atoms with van der Waals surface area (Å²) in [5.41, 5.74) is 1.06. The van der Waals surface area contributed by atoms with Gasteiger partial charge in [-0.25, -0.2) is 0 Å². The van der Waals surface area contributed by atoms with Crippen LogP contribution in [-0.2, 0) is 6.54 Å². The summed E-state index contributed by atoms with van der Waals surface area (Å²) in [7, 11) is 0. The predicted molar refractivity (Wildman–Crippen MR) is 55.4 cm³/mol. The van der Waals surface area contributed by atoms with Gasteiger partial charge in [-0.2, -0.15) is 5.26 Å². The van der Waals surface area contributed by atoms with Crippen molar-refractivity contribution in [2.45, 2.75) is 25.8 Å². The third-order valence-corrected chi connectivity index (χ3v) is 1.92. The number of hydrogen-bond donors (Lipinski definition) is 1. The first-order valence-electron chi connectivity index (χ1n) is 4.91. The second kappa shape index (κ2) is 7.05. The lowest BCUT2D eigenvalue weighted by molar-refractivity contribution is 0.622. The molecule has 1 heterocycles. The average Bonchev–Trinajstić information content (AvgIpc) is 2.25. The molecular formula is C11H15N3. The van der Waals surface area contributed by atoms with Crippen molar-refractivity contribution in [3.8, 4) is 6.07 Å². The van der Waals surface area contributed by atoms with Gasteiger partial charge in [0.25, 0.3) is 0 Å². The Balaban J connectivity index is 2.03. The van der Waals surface area contributed by atoms with Crippen molar-refractivity contribution < 1.29 is 0 Å². The number of unbranched alkanes of at least 4 members (excludes halogenated alkanes) is 2. The molecule has 3 heteroatoms. The Bertz CT molecular complexity index is 276. The van der Waals surface area contributed by atoms with Gasteiger partial charge in [0.15, 0.2) is 0 Å². The Morgan fingerprint density at radius 3 is 3.00 bits per heavy atom. The smallest absolute Gasteiger partial charge is 0.0621 e. The van der Waals surface area contributed by atoms with Gasteiger partial charge < -0.3 is 5.32 Å². The molecule has 0 aliphatic carbocycles. The summed E-state index contributed by atoms with van der Waals surface area (Å²) in [6.07, 6.45) is 4.49. The van der Waals surface area contributed by atoms with E-state index in [1.165, 1.54) is 0 Å². The maximum Gasteiger partial charge on any atom is 0.0621 e. The second-order valence-corrected chi connectivity index (χ2v) is 3.11. The van der Waals surface area contributed by atoms with Gasteiger partial charge in [-0.1, -0.05) is 6.07 Å². The van der Waals surface area contributed by atoms with Gasteiger partial charge in [0, 0.05) is 19.2 Å². The van der Waals surface area contributed by atoms with E-state index in [1.54, 1.807) is 6.20 Å². The van der Waals surface area contributed by atoms with Crippen LogP contribution in [0, 0.1) is 11.3 Å². The van der Waals surface area contributed by atoms with Gasteiger partial charge in [-0.3, -0.25) is 4.98 Å². The van der Waals surface area contributed by atoms with E-state index in [1.807, 2.05) is 18.2 Å². The molecule has 0 saturated heterocycles. The van der Waals surface area contributed by atoms with Gasteiger partial charge >= 0.3 is 0 Å². The van der Waals surface area contributed by atoms with E-state index in [0.717, 1.165) is 31.6 Å². The van der Waals surface area contributed by atoms with Crippen molar-refractivity contribution in [3.63, 3.8) is 0 Å². The van der Waals surface area contributed by atoms with Crippen LogP contribution < -0.4 is 5.32 Å². The number of aromatic nitrogens is 1. The van der Waals surface area contributed by atoms with Crippen LogP contribution >= 0.6 is 0 Å². The van der Waals surface area contributed by atoms with Crippen molar-refractivity contribution in [2.75, 3.05) is 6.54 Å². The number of hydrogen-bond acceptors (Lipinski definition) is 3. The third kappa shape index (κ3) is 4.58. The minimum atomic E-state index is 0.658. The van der Waals surface area contributed by atoms with Crippen LogP contribution in [0.15, 0.2) is 24.4 Å². The Hall–Kier alpha value is -1.40. The molecule has 1 aromatic rings. The van der Waals surface area contributed by atoms with Crippen LogP contribution in [0.1, 0.15) is 25.0 Å². The number of rotatable bonds is 6. The Morgan fingerprint density at radius 1 is 1.36 bits per heavy atom. The molecule has 0 amide bonds. The van der Waals surface area contributed by atoms with Crippen LogP contribution in [0.5, 0.6) is 0 Å². The molecule has 1 N–H and O–H groups in total. The highest BCUT2D eigenvalue weighted by atomic mass is 14.9. The van der Waals surface area contributed by atoms with E-state index in [9.17, 15) is 0 Å². The first-order chi connectivity index (χ1) is 6.93. The van der Waals surface area contributed by atoms with Crippen molar-refractivity contribution >= 4 is 0 Å². The molecule has 0 aromatic carbocycles. The largest absolute Gasteiger partial charge is 0.311 e. The van der Waals surface area contributed by atoms with E-state index in [-0.39, 0.29) is 0 Å². The van der Waals surface area contributed by atoms with Crippen LogP contribution in [-0.4, -0.2) is 11.5 Å². The second-order valence-electron chi connectivity index (χ2n) is 3.11. The van der Waals surface area contributed by atoms with Crippen LogP contribution in [0.2, 0.25) is 0 Å². The van der Waals surface area contributed by atoms with Gasteiger partial charge in [0.2, 0.25) is 0 Å². The monoisotopic (exact) mass is 189 g/mol. The normalized spacial score (nSPS) is 9.64. The number of nitrogens with one attached hydrogen (secondary N) is 1. The van der Waals surface area contributed by atoms with Gasteiger partial charge in [0.1, 0.15) is 0 Å². The van der Waals surface area contributed by atoms with Crippen LogP contribution in [0.3, 0.4) is 0 Å². The fourth-order valence-electron chi connectivity index (χ4n) is 1.17. The first kappa shape index (κ1) is 10.7. The summed E-state index contributed by atoms with van der Waals surface area (Å²) in [6, 6.07) is 8.04. The number of nitrogens with zero attached hydrogens (tertiary/aromatic N) is 2. The minimum absolute atomic E-state index is 0.658. The lowest BCUT2D eigenvalue weighted by atomic mass is 10.2. The molecule has 0 saturated carbocycles. The van der Waals surface area contributed by atoms with E-state index in [4.69, 9.17) is 5.26 Å². The summed E-state index contributed by atoms with van der Waals surface area (Å²) in [6.45, 7) is 1.77. The molecule has 1 aromatic heterocycles. The fourth-order valence-corrected chi connectivity index (χ4v) is 1.17. The van der Waals surface area contributed by atoms with Gasteiger partial charge in [-0.15, -0.1) is 0 Å². The average molecular weight is 189 g/mol. The molecule has 0 radical (unpaired) electrons. The first-order valence-corrected chi connectivity index (χ1v) is 4.91. The molecule has 0 fully saturated rings. The molecule has 0 aliphatic rings. The highest BCUT2D eigenvalue weighted by molar-refractivity contribution is 5.02. The van der Waals surface area contributed by atoms with Crippen molar-refractivity contribution in [2.24, 2.45) is 0 Å². The molecule has 74 valence electrons. The van der Waals surface area contributed by atoms with Gasteiger partial charge in [0.05, 0.1) is 11.8 Å². The molecular weight excluding hydrogens is 174 g/mol. The molecule has 0 bridgehead atoms. The summed E-state index contributed by atoms with van der Waals surface area (Å²) >= 11 is 0. The molecule has 0 spiro atoms. The van der Waals surface area contributed by atoms with Gasteiger partial charge in [-0.05, 0) is 31.5 Å². The minimum Gasteiger partial charge on any atom is -0.311 e. The third-order valence-electron chi connectivity index (χ3n) is 1.92. The molecule has 1 rings (SSSR count). The molecule has 0 aliphatic heterocycles. The fraction of sp³-hybridized carbons (Fsp3) is 0.455. The SMILES string of the molecule is N#CCCCCNCc1ccccn1. The topological polar surface area (TPSA) is 48.7 Å². The van der Waals surface area contributed by atoms with Crippen LogP contribution in [0.4, 0.5) is 0 Å². The maximum atomic E-state index is 8.32.